The maximum absolute atomic E-state index is 9.62. The van der Waals surface area contributed by atoms with Gasteiger partial charge < -0.3 is 5.11 Å². The van der Waals surface area contributed by atoms with Gasteiger partial charge in [0.2, 0.25) is 0 Å². The average Bonchev–Trinajstić information content (AvgIpc) is 2.34. The summed E-state index contributed by atoms with van der Waals surface area (Å²) in [5.74, 6) is 0.0634. The molecule has 0 fully saturated rings. The van der Waals surface area contributed by atoms with Crippen molar-refractivity contribution in [2.24, 2.45) is 10.2 Å². The molecule has 18 heavy (non-hydrogen) atoms. The van der Waals surface area contributed by atoms with E-state index in [1.807, 2.05) is 32.0 Å². The van der Waals surface area contributed by atoms with Gasteiger partial charge in [-0.15, -0.1) is 5.11 Å². The molecule has 3 nitrogen and oxygen atoms in total. The van der Waals surface area contributed by atoms with E-state index in [4.69, 9.17) is 11.6 Å². The van der Waals surface area contributed by atoms with Crippen LogP contribution in [0.15, 0.2) is 46.6 Å². The molecule has 0 unspecified atom stereocenters. The molecular formula is C14H13ClN2O. The number of hydrogen-bond acceptors (Lipinski definition) is 3. The summed E-state index contributed by atoms with van der Waals surface area (Å²) in [6, 6.07) is 10.6. The lowest BCUT2D eigenvalue weighted by Gasteiger charge is -2.01. The number of phenols is 1. The molecule has 0 atom stereocenters. The second-order valence-corrected chi connectivity index (χ2v) is 4.56. The van der Waals surface area contributed by atoms with Crippen LogP contribution in [0.25, 0.3) is 0 Å². The lowest BCUT2D eigenvalue weighted by molar-refractivity contribution is 0.476. The van der Waals surface area contributed by atoms with Crippen LogP contribution in [0, 0.1) is 13.8 Å². The maximum atomic E-state index is 9.62. The summed E-state index contributed by atoms with van der Waals surface area (Å²) in [5.41, 5.74) is 3.30. The molecule has 0 aliphatic carbocycles. The van der Waals surface area contributed by atoms with E-state index in [0.717, 1.165) is 16.8 Å². The molecule has 0 aliphatic heterocycles. The summed E-state index contributed by atoms with van der Waals surface area (Å²) in [7, 11) is 0. The smallest absolute Gasteiger partial charge is 0.143 e. The van der Waals surface area contributed by atoms with Crippen molar-refractivity contribution in [3.05, 3.63) is 52.5 Å². The first kappa shape index (κ1) is 12.6. The van der Waals surface area contributed by atoms with E-state index < -0.39 is 0 Å². The van der Waals surface area contributed by atoms with Crippen LogP contribution in [-0.4, -0.2) is 5.11 Å². The van der Waals surface area contributed by atoms with Gasteiger partial charge in [-0.1, -0.05) is 23.7 Å². The number of phenolic OH excluding ortho intramolecular Hbond substituents is 1. The largest absolute Gasteiger partial charge is 0.506 e. The van der Waals surface area contributed by atoms with E-state index in [-0.39, 0.29) is 5.75 Å². The SMILES string of the molecule is Cc1ccc(C)c(N=Nc2cc(Cl)ccc2O)c1. The molecule has 2 aromatic carbocycles. The second-order valence-electron chi connectivity index (χ2n) is 4.12. The molecule has 1 N–H and O–H groups in total. The highest BCUT2D eigenvalue weighted by Crippen LogP contribution is 2.31. The van der Waals surface area contributed by atoms with Gasteiger partial charge in [0.05, 0.1) is 5.69 Å². The Labute approximate surface area is 111 Å². The molecule has 0 spiro atoms. The number of aromatic hydroxyl groups is 1. The zero-order chi connectivity index (χ0) is 13.1. The van der Waals surface area contributed by atoms with Crippen LogP contribution in [-0.2, 0) is 0 Å². The molecule has 0 saturated carbocycles. The van der Waals surface area contributed by atoms with E-state index in [9.17, 15) is 5.11 Å². The molecule has 2 aromatic rings. The summed E-state index contributed by atoms with van der Waals surface area (Å²) in [6.45, 7) is 3.96. The fraction of sp³-hybridized carbons (Fsp3) is 0.143. The summed E-state index contributed by atoms with van der Waals surface area (Å²) in [4.78, 5) is 0. The van der Waals surface area contributed by atoms with Gasteiger partial charge in [0, 0.05) is 5.02 Å². The van der Waals surface area contributed by atoms with Crippen LogP contribution in [0.5, 0.6) is 5.75 Å². The lowest BCUT2D eigenvalue weighted by Crippen LogP contribution is -1.76. The van der Waals surface area contributed by atoms with Gasteiger partial charge in [-0.25, -0.2) is 0 Å². The third kappa shape index (κ3) is 2.87. The monoisotopic (exact) mass is 260 g/mol. The lowest BCUT2D eigenvalue weighted by atomic mass is 10.1. The van der Waals surface area contributed by atoms with E-state index in [1.165, 1.54) is 6.07 Å². The zero-order valence-corrected chi connectivity index (χ0v) is 10.9. The summed E-state index contributed by atoms with van der Waals surface area (Å²) in [5, 5.41) is 18.3. The van der Waals surface area contributed by atoms with Crippen molar-refractivity contribution < 1.29 is 5.11 Å². The maximum Gasteiger partial charge on any atom is 0.143 e. The Balaban J connectivity index is 2.35. The Morgan fingerprint density at radius 1 is 0.944 bits per heavy atom. The molecule has 0 amide bonds. The Morgan fingerprint density at radius 2 is 1.67 bits per heavy atom. The highest BCUT2D eigenvalue weighted by atomic mass is 35.5. The van der Waals surface area contributed by atoms with Crippen LogP contribution < -0.4 is 0 Å². The first-order valence-corrected chi connectivity index (χ1v) is 5.91. The predicted molar refractivity (Wildman–Crippen MR) is 73.2 cm³/mol. The number of benzene rings is 2. The number of aryl methyl sites for hydroxylation is 2. The van der Waals surface area contributed by atoms with Crippen molar-refractivity contribution in [1.82, 2.24) is 0 Å². The summed E-state index contributed by atoms with van der Waals surface area (Å²) >= 11 is 5.84. The Morgan fingerprint density at radius 3 is 2.44 bits per heavy atom. The van der Waals surface area contributed by atoms with E-state index in [1.54, 1.807) is 12.1 Å². The highest BCUT2D eigenvalue weighted by Gasteiger charge is 2.01. The third-order valence-electron chi connectivity index (χ3n) is 2.57. The van der Waals surface area contributed by atoms with Crippen LogP contribution in [0.1, 0.15) is 11.1 Å². The van der Waals surface area contributed by atoms with Gasteiger partial charge >= 0.3 is 0 Å². The molecule has 0 radical (unpaired) electrons. The minimum absolute atomic E-state index is 0.0634. The van der Waals surface area contributed by atoms with Crippen LogP contribution in [0.2, 0.25) is 5.02 Å². The second kappa shape index (κ2) is 5.19. The van der Waals surface area contributed by atoms with Gasteiger partial charge in [0.1, 0.15) is 11.4 Å². The van der Waals surface area contributed by atoms with Gasteiger partial charge in [-0.05, 0) is 49.2 Å². The summed E-state index contributed by atoms with van der Waals surface area (Å²) in [6.07, 6.45) is 0. The van der Waals surface area contributed by atoms with Crippen LogP contribution >= 0.6 is 11.6 Å². The predicted octanol–water partition coefficient (Wildman–Crippen LogP) is 5.08. The minimum Gasteiger partial charge on any atom is -0.506 e. The van der Waals surface area contributed by atoms with Crippen LogP contribution in [0.4, 0.5) is 11.4 Å². The molecule has 2 rings (SSSR count). The third-order valence-corrected chi connectivity index (χ3v) is 2.80. The first-order chi connectivity index (χ1) is 8.56. The van der Waals surface area contributed by atoms with Gasteiger partial charge in [-0.2, -0.15) is 5.11 Å². The molecule has 0 aliphatic rings. The standard InChI is InChI=1S/C14H13ClN2O/c1-9-3-4-10(2)12(7-9)16-17-13-8-11(15)5-6-14(13)18/h3-8,18H,1-2H3. The number of azo groups is 1. The fourth-order valence-corrected chi connectivity index (χ4v) is 1.68. The fourth-order valence-electron chi connectivity index (χ4n) is 1.51. The Hall–Kier alpha value is -1.87. The molecule has 0 aromatic heterocycles. The molecule has 4 heteroatoms. The number of rotatable bonds is 2. The topological polar surface area (TPSA) is 45.0 Å². The van der Waals surface area contributed by atoms with E-state index in [2.05, 4.69) is 10.2 Å². The molecule has 92 valence electrons. The molecule has 0 heterocycles. The zero-order valence-electron chi connectivity index (χ0n) is 10.2. The van der Waals surface area contributed by atoms with Crippen molar-refractivity contribution in [3.63, 3.8) is 0 Å². The Kier molecular flexibility index (Phi) is 3.63. The quantitative estimate of drug-likeness (QED) is 0.752. The summed E-state index contributed by atoms with van der Waals surface area (Å²) < 4.78 is 0. The number of nitrogens with zero attached hydrogens (tertiary/aromatic N) is 2. The number of halogens is 1. The van der Waals surface area contributed by atoms with E-state index in [0.29, 0.717) is 10.7 Å². The normalized spacial score (nSPS) is 11.1. The molecule has 0 bridgehead atoms. The first-order valence-electron chi connectivity index (χ1n) is 5.54. The molecular weight excluding hydrogens is 248 g/mol. The van der Waals surface area contributed by atoms with Crippen molar-refractivity contribution in [3.8, 4) is 5.75 Å². The number of hydrogen-bond donors (Lipinski definition) is 1. The highest BCUT2D eigenvalue weighted by molar-refractivity contribution is 6.30. The average molecular weight is 261 g/mol. The van der Waals surface area contributed by atoms with Gasteiger partial charge in [-0.3, -0.25) is 0 Å². The van der Waals surface area contributed by atoms with Crippen molar-refractivity contribution >= 4 is 23.0 Å². The minimum atomic E-state index is 0.0634. The van der Waals surface area contributed by atoms with Crippen molar-refractivity contribution in [1.29, 1.82) is 0 Å². The van der Waals surface area contributed by atoms with Crippen LogP contribution in [0.3, 0.4) is 0 Å². The molecule has 0 saturated heterocycles. The van der Waals surface area contributed by atoms with E-state index >= 15 is 0 Å². The van der Waals surface area contributed by atoms with Crippen molar-refractivity contribution in [2.45, 2.75) is 13.8 Å². The van der Waals surface area contributed by atoms with Gasteiger partial charge in [0.15, 0.2) is 0 Å². The van der Waals surface area contributed by atoms with Gasteiger partial charge in [0.25, 0.3) is 0 Å². The Bertz CT molecular complexity index is 555. The van der Waals surface area contributed by atoms with Crippen molar-refractivity contribution in [2.75, 3.05) is 0 Å².